The number of piperazine rings is 1. The van der Waals surface area contributed by atoms with Crippen LogP contribution in [-0.2, 0) is 4.79 Å². The van der Waals surface area contributed by atoms with Crippen molar-refractivity contribution in [1.29, 1.82) is 0 Å². The van der Waals surface area contributed by atoms with E-state index in [1.54, 1.807) is 0 Å². The summed E-state index contributed by atoms with van der Waals surface area (Å²) < 4.78 is 0. The molecule has 0 radical (unpaired) electrons. The van der Waals surface area contributed by atoms with E-state index < -0.39 is 0 Å². The number of benzene rings is 1. The lowest BCUT2D eigenvalue weighted by Crippen LogP contribution is -2.52. The third kappa shape index (κ3) is 2.27. The molecule has 1 aromatic rings. The summed E-state index contributed by atoms with van der Waals surface area (Å²) in [6, 6.07) is 6.15. The van der Waals surface area contributed by atoms with Crippen LogP contribution in [0.3, 0.4) is 0 Å². The molecule has 2 aliphatic rings. The van der Waals surface area contributed by atoms with E-state index in [2.05, 4.69) is 22.9 Å². The lowest BCUT2D eigenvalue weighted by molar-refractivity contribution is -0.118. The molecule has 1 amide bonds. The minimum Gasteiger partial charge on any atom is -0.364 e. The van der Waals surface area contributed by atoms with E-state index in [4.69, 9.17) is 11.6 Å². The van der Waals surface area contributed by atoms with Gasteiger partial charge in [0.05, 0.1) is 17.4 Å². The van der Waals surface area contributed by atoms with E-state index in [0.29, 0.717) is 18.0 Å². The molecule has 1 unspecified atom stereocenters. The Morgan fingerprint density at radius 1 is 1.30 bits per heavy atom. The van der Waals surface area contributed by atoms with Crippen molar-refractivity contribution >= 4 is 28.9 Å². The Labute approximate surface area is 124 Å². The highest BCUT2D eigenvalue weighted by atomic mass is 35.5. The van der Waals surface area contributed by atoms with Gasteiger partial charge in [-0.3, -0.25) is 4.79 Å². The van der Waals surface area contributed by atoms with Crippen LogP contribution in [0, 0.1) is 0 Å². The number of anilines is 2. The van der Waals surface area contributed by atoms with Crippen molar-refractivity contribution in [2.45, 2.75) is 19.4 Å². The standard InChI is InChI=1S/C15H20ClN3O/c1-3-18-14-8-11(16)4-5-13(14)19-7-6-17(2)10-12(19)9-15(18)20/h4-5,8,12H,3,6-7,9-10H2,1-2H3. The number of halogens is 1. The van der Waals surface area contributed by atoms with Gasteiger partial charge in [0.25, 0.3) is 0 Å². The van der Waals surface area contributed by atoms with Crippen molar-refractivity contribution in [3.05, 3.63) is 23.2 Å². The van der Waals surface area contributed by atoms with Crippen LogP contribution in [0.2, 0.25) is 5.02 Å². The Morgan fingerprint density at radius 2 is 2.10 bits per heavy atom. The maximum absolute atomic E-state index is 12.5. The van der Waals surface area contributed by atoms with Crippen LogP contribution in [0.15, 0.2) is 18.2 Å². The quantitative estimate of drug-likeness (QED) is 0.794. The Morgan fingerprint density at radius 3 is 2.85 bits per heavy atom. The summed E-state index contributed by atoms with van der Waals surface area (Å²) in [6.07, 6.45) is 0.574. The van der Waals surface area contributed by atoms with Crippen LogP contribution >= 0.6 is 11.6 Å². The third-order valence-electron chi connectivity index (χ3n) is 4.25. The minimum absolute atomic E-state index is 0.193. The number of rotatable bonds is 1. The molecule has 1 saturated heterocycles. The number of hydrogen-bond donors (Lipinski definition) is 0. The highest BCUT2D eigenvalue weighted by Gasteiger charge is 2.34. The molecular weight excluding hydrogens is 274 g/mol. The number of amides is 1. The molecule has 108 valence electrons. The fraction of sp³-hybridized carbons (Fsp3) is 0.533. The monoisotopic (exact) mass is 293 g/mol. The summed E-state index contributed by atoms with van der Waals surface area (Å²) in [7, 11) is 2.12. The Bertz CT molecular complexity index is 534. The molecule has 1 atom stereocenters. The van der Waals surface area contributed by atoms with Crippen molar-refractivity contribution in [3.63, 3.8) is 0 Å². The molecule has 20 heavy (non-hydrogen) atoms. The van der Waals surface area contributed by atoms with E-state index in [9.17, 15) is 4.79 Å². The highest BCUT2D eigenvalue weighted by molar-refractivity contribution is 6.31. The van der Waals surface area contributed by atoms with Gasteiger partial charge in [0, 0.05) is 37.6 Å². The van der Waals surface area contributed by atoms with E-state index in [1.165, 1.54) is 0 Å². The predicted octanol–water partition coefficient (Wildman–Crippen LogP) is 2.22. The number of fused-ring (bicyclic) bond motifs is 3. The number of carbonyl (C=O) groups is 1. The summed E-state index contributed by atoms with van der Waals surface area (Å²) in [5.74, 6) is 0.193. The first kappa shape index (κ1) is 13.7. The van der Waals surface area contributed by atoms with Gasteiger partial charge in [0.15, 0.2) is 0 Å². The maximum atomic E-state index is 12.5. The summed E-state index contributed by atoms with van der Waals surface area (Å²) >= 11 is 6.13. The van der Waals surface area contributed by atoms with E-state index in [-0.39, 0.29) is 11.9 Å². The molecule has 4 nitrogen and oxygen atoms in total. The lowest BCUT2D eigenvalue weighted by Gasteiger charge is -2.40. The topological polar surface area (TPSA) is 26.8 Å². The molecule has 2 heterocycles. The van der Waals surface area contributed by atoms with Gasteiger partial charge in [-0.15, -0.1) is 0 Å². The van der Waals surface area contributed by atoms with Gasteiger partial charge in [0.2, 0.25) is 5.91 Å². The number of carbonyl (C=O) groups excluding carboxylic acids is 1. The van der Waals surface area contributed by atoms with Crippen molar-refractivity contribution in [2.75, 3.05) is 43.0 Å². The van der Waals surface area contributed by atoms with Gasteiger partial charge in [0.1, 0.15) is 0 Å². The average molecular weight is 294 g/mol. The van der Waals surface area contributed by atoms with Gasteiger partial charge in [-0.2, -0.15) is 0 Å². The summed E-state index contributed by atoms with van der Waals surface area (Å²) in [5.41, 5.74) is 2.09. The van der Waals surface area contributed by atoms with Gasteiger partial charge in [-0.25, -0.2) is 0 Å². The molecule has 0 saturated carbocycles. The van der Waals surface area contributed by atoms with Crippen molar-refractivity contribution in [2.24, 2.45) is 0 Å². The fourth-order valence-electron chi connectivity index (χ4n) is 3.25. The van der Waals surface area contributed by atoms with Crippen molar-refractivity contribution in [3.8, 4) is 0 Å². The number of nitrogens with zero attached hydrogens (tertiary/aromatic N) is 3. The van der Waals surface area contributed by atoms with Crippen LogP contribution in [0.5, 0.6) is 0 Å². The molecule has 3 rings (SSSR count). The Hall–Kier alpha value is -1.26. The van der Waals surface area contributed by atoms with Crippen LogP contribution in [-0.4, -0.2) is 50.1 Å². The van der Waals surface area contributed by atoms with Crippen LogP contribution in [0.1, 0.15) is 13.3 Å². The third-order valence-corrected chi connectivity index (χ3v) is 4.49. The van der Waals surface area contributed by atoms with Crippen LogP contribution in [0.4, 0.5) is 11.4 Å². The van der Waals surface area contributed by atoms with Crippen LogP contribution < -0.4 is 9.80 Å². The molecule has 1 fully saturated rings. The maximum Gasteiger partial charge on any atom is 0.229 e. The SMILES string of the molecule is CCN1C(=O)CC2CN(C)CCN2c2ccc(Cl)cc21. The summed E-state index contributed by atoms with van der Waals surface area (Å²) in [4.78, 5) is 19.1. The summed E-state index contributed by atoms with van der Waals surface area (Å²) in [5, 5.41) is 0.683. The first-order valence-corrected chi connectivity index (χ1v) is 7.53. The van der Waals surface area contributed by atoms with Gasteiger partial charge >= 0.3 is 0 Å². The molecule has 0 aromatic heterocycles. The van der Waals surface area contributed by atoms with Crippen molar-refractivity contribution in [1.82, 2.24) is 4.90 Å². The van der Waals surface area contributed by atoms with Gasteiger partial charge in [-0.1, -0.05) is 11.6 Å². The van der Waals surface area contributed by atoms with E-state index in [1.807, 2.05) is 24.0 Å². The molecule has 1 aromatic carbocycles. The Kier molecular flexibility index (Phi) is 3.61. The smallest absolute Gasteiger partial charge is 0.229 e. The number of hydrogen-bond acceptors (Lipinski definition) is 3. The molecule has 0 bridgehead atoms. The Balaban J connectivity index is 2.08. The number of likely N-dealkylation sites (N-methyl/N-ethyl adjacent to an activating group) is 1. The van der Waals surface area contributed by atoms with E-state index >= 15 is 0 Å². The molecule has 0 N–H and O–H groups in total. The zero-order valence-electron chi connectivity index (χ0n) is 12.0. The molecule has 5 heteroatoms. The second-order valence-corrected chi connectivity index (χ2v) is 6.02. The summed E-state index contributed by atoms with van der Waals surface area (Å²) in [6.45, 7) is 5.62. The predicted molar refractivity (Wildman–Crippen MR) is 82.7 cm³/mol. The minimum atomic E-state index is 0.193. The zero-order valence-corrected chi connectivity index (χ0v) is 12.7. The van der Waals surface area contributed by atoms with E-state index in [0.717, 1.165) is 31.0 Å². The average Bonchev–Trinajstić information content (AvgIpc) is 2.51. The molecule has 0 spiro atoms. The fourth-order valence-corrected chi connectivity index (χ4v) is 3.42. The van der Waals surface area contributed by atoms with Crippen molar-refractivity contribution < 1.29 is 4.79 Å². The molecule has 2 aliphatic heterocycles. The molecule has 0 aliphatic carbocycles. The second-order valence-electron chi connectivity index (χ2n) is 5.58. The largest absolute Gasteiger partial charge is 0.364 e. The van der Waals surface area contributed by atoms with Crippen LogP contribution in [0.25, 0.3) is 0 Å². The van der Waals surface area contributed by atoms with Gasteiger partial charge in [-0.05, 0) is 32.2 Å². The highest BCUT2D eigenvalue weighted by Crippen LogP contribution is 2.37. The first-order chi connectivity index (χ1) is 9.60. The normalized spacial score (nSPS) is 23.4. The second kappa shape index (κ2) is 5.26. The first-order valence-electron chi connectivity index (χ1n) is 7.15. The zero-order chi connectivity index (χ0) is 14.3. The molecular formula is C15H20ClN3O. The lowest BCUT2D eigenvalue weighted by atomic mass is 10.1. The van der Waals surface area contributed by atoms with Gasteiger partial charge < -0.3 is 14.7 Å².